The number of aromatic carboxylic acids is 4. The number of carboxylic acid groups (broad SMARTS) is 4. The van der Waals surface area contributed by atoms with Crippen LogP contribution >= 0.6 is 46.2 Å². The first kappa shape index (κ1) is 50.3. The summed E-state index contributed by atoms with van der Waals surface area (Å²) in [6.07, 6.45) is 0. The zero-order chi connectivity index (χ0) is 51.9. The van der Waals surface area contributed by atoms with Crippen molar-refractivity contribution < 1.29 is 44.7 Å². The standard InChI is InChI=1S/C40H33N17O10S4/c1-39(2,3)23-21(49-51-28-20(13-41)44-37(70-28)68-14-7-9-16(30(58)59)18(11-14)32(62)63)25(42)56(53-23)34-46-35(48-36(66)47-34)57-26(43)22(24(54-57)40(4,5)6)50-52-29-27(55-67)45-38(71-29)69-15-8-10-17(31(60)61)19(12-15)33(64)65/h7-12H,42-43H2,1-6H3,(H,58,59)(H,60,61)(H,62,63)(H,64,65)(H,46,47,48,66). The highest BCUT2D eigenvalue weighted by atomic mass is 32.2. The Morgan fingerprint density at radius 1 is 0.634 bits per heavy atom. The van der Waals surface area contributed by atoms with E-state index >= 15 is 0 Å². The van der Waals surface area contributed by atoms with E-state index in [1.54, 1.807) is 20.8 Å². The minimum absolute atomic E-state index is 0.00699. The fourth-order valence-corrected chi connectivity index (χ4v) is 9.92. The molecule has 27 nitrogen and oxygen atoms in total. The van der Waals surface area contributed by atoms with Gasteiger partial charge in [0.15, 0.2) is 47.4 Å². The molecule has 0 saturated carbocycles. The van der Waals surface area contributed by atoms with Crippen molar-refractivity contribution in [3.63, 3.8) is 0 Å². The number of carboxylic acids is 4. The van der Waals surface area contributed by atoms with E-state index in [1.807, 2.05) is 26.8 Å². The number of azo groups is 2. The number of thiazole rings is 2. The predicted molar refractivity (Wildman–Crippen MR) is 254 cm³/mol. The number of aromatic hydroxyl groups is 1. The summed E-state index contributed by atoms with van der Waals surface area (Å²) in [5, 5.41) is 87.9. The third-order valence-corrected chi connectivity index (χ3v) is 13.3. The Bertz CT molecular complexity index is 3470. The second-order valence-corrected chi connectivity index (χ2v) is 21.0. The molecule has 5 heterocycles. The molecule has 2 aromatic carbocycles. The van der Waals surface area contributed by atoms with Crippen molar-refractivity contribution in [2.24, 2.45) is 25.6 Å². The molecule has 71 heavy (non-hydrogen) atoms. The largest absolute Gasteiger partial charge is 0.479 e. The molecule has 7 aromatic rings. The minimum Gasteiger partial charge on any atom is -0.479 e. The number of nitrogens with zero attached hydrogens (tertiary/aromatic N) is 15. The molecule has 0 aliphatic heterocycles. The number of nitroso groups, excluding NO2 is 1. The third kappa shape index (κ3) is 10.5. The van der Waals surface area contributed by atoms with Crippen molar-refractivity contribution >= 4 is 109 Å². The zero-order valence-corrected chi connectivity index (χ0v) is 40.5. The van der Waals surface area contributed by atoms with Crippen molar-refractivity contribution in [2.45, 2.75) is 70.8 Å². The molecule has 0 spiro atoms. The van der Waals surface area contributed by atoms with Crippen LogP contribution < -0.4 is 11.5 Å². The van der Waals surface area contributed by atoms with Gasteiger partial charge in [-0.25, -0.2) is 29.1 Å². The number of nitrogens with two attached hydrogens (primary N) is 2. The quantitative estimate of drug-likeness (QED) is 0.0372. The minimum atomic E-state index is -1.46. The first-order valence-corrected chi connectivity index (χ1v) is 23.0. The van der Waals surface area contributed by atoms with Gasteiger partial charge < -0.3 is 37.0 Å². The fourth-order valence-electron chi connectivity index (χ4n) is 6.11. The van der Waals surface area contributed by atoms with Crippen LogP contribution in [-0.2, 0) is 10.8 Å². The first-order chi connectivity index (χ1) is 33.4. The number of hydrogen-bond donors (Lipinski definition) is 7. The summed E-state index contributed by atoms with van der Waals surface area (Å²) in [6.45, 7) is 10.8. The van der Waals surface area contributed by atoms with Crippen LogP contribution in [0.25, 0.3) is 11.9 Å². The van der Waals surface area contributed by atoms with Gasteiger partial charge in [-0.05, 0) is 41.6 Å². The first-order valence-electron chi connectivity index (χ1n) is 19.8. The molecule has 7 rings (SSSR count). The molecule has 0 aliphatic carbocycles. The van der Waals surface area contributed by atoms with Crippen LogP contribution in [0.1, 0.15) is 100 Å². The van der Waals surface area contributed by atoms with Gasteiger partial charge in [-0.15, -0.1) is 25.4 Å². The second-order valence-electron chi connectivity index (χ2n) is 16.4. The van der Waals surface area contributed by atoms with Crippen molar-refractivity contribution in [1.29, 1.82) is 5.26 Å². The van der Waals surface area contributed by atoms with Gasteiger partial charge in [0.25, 0.3) is 11.9 Å². The molecule has 0 saturated heterocycles. The van der Waals surface area contributed by atoms with E-state index in [0.717, 1.165) is 73.8 Å². The van der Waals surface area contributed by atoms with Crippen LogP contribution in [0.5, 0.6) is 6.01 Å². The lowest BCUT2D eigenvalue weighted by Crippen LogP contribution is -2.16. The Hall–Kier alpha value is -8.60. The second kappa shape index (κ2) is 19.4. The molecule has 362 valence electrons. The van der Waals surface area contributed by atoms with E-state index in [-0.39, 0.29) is 76.5 Å². The summed E-state index contributed by atoms with van der Waals surface area (Å²) < 4.78 is 2.59. The van der Waals surface area contributed by atoms with Gasteiger partial charge >= 0.3 is 29.9 Å². The lowest BCUT2D eigenvalue weighted by atomic mass is 9.91. The molecule has 0 amide bonds. The molecule has 0 aliphatic rings. The molecular weight excluding hydrogens is 1010 g/mol. The lowest BCUT2D eigenvalue weighted by molar-refractivity contribution is 0.0651. The van der Waals surface area contributed by atoms with Crippen LogP contribution in [0.15, 0.2) is 80.5 Å². The molecule has 0 radical (unpaired) electrons. The molecule has 0 unspecified atom stereocenters. The van der Waals surface area contributed by atoms with Crippen LogP contribution in [0.3, 0.4) is 0 Å². The average molecular weight is 1040 g/mol. The van der Waals surface area contributed by atoms with Gasteiger partial charge in [0.05, 0.1) is 33.6 Å². The highest BCUT2D eigenvalue weighted by molar-refractivity contribution is 8.01. The highest BCUT2D eigenvalue weighted by Gasteiger charge is 2.31. The van der Waals surface area contributed by atoms with Crippen LogP contribution in [0.2, 0.25) is 0 Å². The normalized spacial score (nSPS) is 11.9. The predicted octanol–water partition coefficient (Wildman–Crippen LogP) is 8.82. The summed E-state index contributed by atoms with van der Waals surface area (Å²) in [5.74, 6) is -7.07. The molecule has 9 N–H and O–H groups in total. The van der Waals surface area contributed by atoms with Gasteiger partial charge in [0, 0.05) is 20.6 Å². The topological polar surface area (TPSA) is 424 Å². The summed E-state index contributed by atoms with van der Waals surface area (Å²) in [5.41, 5.74) is 10.5. The lowest BCUT2D eigenvalue weighted by Gasteiger charge is -2.15. The summed E-state index contributed by atoms with van der Waals surface area (Å²) in [4.78, 5) is 80.0. The Morgan fingerprint density at radius 2 is 1.06 bits per heavy atom. The number of hydrogen-bond acceptors (Lipinski definition) is 25. The number of carbonyl (C=O) groups is 4. The maximum atomic E-state index is 11.8. The summed E-state index contributed by atoms with van der Waals surface area (Å²) >= 11 is 3.72. The third-order valence-electron chi connectivity index (χ3n) is 9.34. The van der Waals surface area contributed by atoms with E-state index in [9.17, 15) is 54.9 Å². The van der Waals surface area contributed by atoms with E-state index in [1.165, 1.54) is 18.2 Å². The number of nitriles is 1. The molecule has 0 atom stereocenters. The summed E-state index contributed by atoms with van der Waals surface area (Å²) in [7, 11) is 0. The highest BCUT2D eigenvalue weighted by Crippen LogP contribution is 2.45. The van der Waals surface area contributed by atoms with Gasteiger partial charge in [0.2, 0.25) is 5.82 Å². The van der Waals surface area contributed by atoms with Crippen molar-refractivity contribution in [2.75, 3.05) is 11.5 Å². The number of anilines is 2. The maximum absolute atomic E-state index is 11.8. The van der Waals surface area contributed by atoms with E-state index in [2.05, 4.69) is 60.8 Å². The number of rotatable bonds is 15. The zero-order valence-electron chi connectivity index (χ0n) is 37.2. The average Bonchev–Trinajstić information content (AvgIpc) is 4.06. The fraction of sp³-hybridized carbons (Fsp3) is 0.200. The maximum Gasteiger partial charge on any atom is 0.336 e. The van der Waals surface area contributed by atoms with Crippen molar-refractivity contribution in [1.82, 2.24) is 44.5 Å². The van der Waals surface area contributed by atoms with Crippen molar-refractivity contribution in [3.05, 3.63) is 80.6 Å². The van der Waals surface area contributed by atoms with E-state index in [4.69, 9.17) is 11.5 Å². The SMILES string of the molecule is CC(C)(C)c1nn(-c2nc(O)nc(-n3nc(C(C)(C)C)c(N=Nc4sc(Sc5ccc(C(=O)O)c(C(=O)O)c5)nc4N=O)c3N)n2)c(N)c1N=Nc1sc(Sc2ccc(C(=O)O)c(C(=O)O)c2)nc1C#N. The van der Waals surface area contributed by atoms with Crippen LogP contribution in [0, 0.1) is 16.2 Å². The van der Waals surface area contributed by atoms with E-state index in [0.29, 0.717) is 9.79 Å². The molecule has 31 heteroatoms. The molecular formula is C40H33N17O10S4. The van der Waals surface area contributed by atoms with Gasteiger partial charge in [0.1, 0.15) is 6.07 Å². The number of benzene rings is 2. The van der Waals surface area contributed by atoms with Gasteiger partial charge in [-0.1, -0.05) is 87.7 Å². The molecule has 5 aromatic heterocycles. The molecule has 0 fully saturated rings. The van der Waals surface area contributed by atoms with Gasteiger partial charge in [-0.3, -0.25) is 0 Å². The smallest absolute Gasteiger partial charge is 0.336 e. The number of nitrogen functional groups attached to an aromatic ring is 2. The van der Waals surface area contributed by atoms with Crippen molar-refractivity contribution in [3.8, 4) is 24.0 Å². The van der Waals surface area contributed by atoms with Crippen LogP contribution in [-0.4, -0.2) is 93.9 Å². The monoisotopic (exact) mass is 1040 g/mol. The van der Waals surface area contributed by atoms with E-state index < -0.39 is 63.0 Å². The summed E-state index contributed by atoms with van der Waals surface area (Å²) in [6, 6.07) is 8.54. The Balaban J connectivity index is 1.22. The van der Waals surface area contributed by atoms with Gasteiger partial charge in [-0.2, -0.15) is 39.8 Å². The van der Waals surface area contributed by atoms with Crippen LogP contribution in [0.4, 0.5) is 38.8 Å². The number of aromatic nitrogens is 9. The Morgan fingerprint density at radius 3 is 1.46 bits per heavy atom. The molecule has 0 bridgehead atoms. The Labute approximate surface area is 414 Å². The Kier molecular flexibility index (Phi) is 13.8.